The number of anilines is 2. The maximum atomic E-state index is 4.77. The minimum Gasteiger partial charge on any atom is -0.328 e. The average Bonchev–Trinajstić information content (AvgIpc) is 3.19. The number of rotatable bonds is 3. The zero-order valence-corrected chi connectivity index (χ0v) is 15.1. The summed E-state index contributed by atoms with van der Waals surface area (Å²) in [4.78, 5) is 9.24. The van der Waals surface area contributed by atoms with E-state index in [9.17, 15) is 0 Å². The Hall–Kier alpha value is -2.49. The van der Waals surface area contributed by atoms with Crippen LogP contribution >= 0.6 is 0 Å². The van der Waals surface area contributed by atoms with Crippen molar-refractivity contribution in [1.82, 2.24) is 4.57 Å². The van der Waals surface area contributed by atoms with Gasteiger partial charge in [-0.15, -0.1) is 0 Å². The molecule has 130 valence electrons. The molecule has 2 aromatic rings. The molecule has 0 spiro atoms. The van der Waals surface area contributed by atoms with E-state index in [4.69, 9.17) is 4.99 Å². The molecule has 0 amide bonds. The lowest BCUT2D eigenvalue weighted by atomic mass is 9.96. The number of hydrogen-bond acceptors (Lipinski definition) is 3. The van der Waals surface area contributed by atoms with Crippen LogP contribution in [0.3, 0.4) is 0 Å². The van der Waals surface area contributed by atoms with E-state index in [-0.39, 0.29) is 0 Å². The van der Waals surface area contributed by atoms with Crippen LogP contribution < -0.4 is 9.80 Å². The SMILES string of the molecule is CN1C(=CC=NC2CCCCC2)N(C)c2cn(-c3ccccc3)cc21. The second kappa shape index (κ2) is 6.79. The van der Waals surface area contributed by atoms with Gasteiger partial charge >= 0.3 is 0 Å². The molecule has 2 aliphatic rings. The molecule has 1 aliphatic heterocycles. The first-order valence-corrected chi connectivity index (χ1v) is 9.22. The van der Waals surface area contributed by atoms with Gasteiger partial charge < -0.3 is 14.4 Å². The van der Waals surface area contributed by atoms with Crippen molar-refractivity contribution >= 4 is 17.6 Å². The number of nitrogens with zero attached hydrogens (tertiary/aromatic N) is 4. The van der Waals surface area contributed by atoms with Crippen molar-refractivity contribution in [2.24, 2.45) is 4.99 Å². The van der Waals surface area contributed by atoms with Crippen molar-refractivity contribution in [1.29, 1.82) is 0 Å². The summed E-state index contributed by atoms with van der Waals surface area (Å²) in [5, 5.41) is 0. The number of fused-ring (bicyclic) bond motifs is 1. The van der Waals surface area contributed by atoms with Crippen molar-refractivity contribution in [2.45, 2.75) is 38.1 Å². The smallest absolute Gasteiger partial charge is 0.114 e. The third-order valence-electron chi connectivity index (χ3n) is 5.34. The van der Waals surface area contributed by atoms with E-state index in [0.29, 0.717) is 6.04 Å². The number of para-hydroxylation sites is 1. The Balaban J connectivity index is 1.53. The van der Waals surface area contributed by atoms with Crippen LogP contribution in [0.5, 0.6) is 0 Å². The first-order valence-electron chi connectivity index (χ1n) is 9.22. The summed E-state index contributed by atoms with van der Waals surface area (Å²) in [6, 6.07) is 11.0. The Morgan fingerprint density at radius 2 is 1.56 bits per heavy atom. The third kappa shape index (κ3) is 3.09. The molecule has 1 saturated carbocycles. The Bertz CT molecular complexity index is 752. The summed E-state index contributed by atoms with van der Waals surface area (Å²) in [5.74, 6) is 1.17. The van der Waals surface area contributed by atoms with Gasteiger partial charge in [0.25, 0.3) is 0 Å². The fourth-order valence-corrected chi connectivity index (χ4v) is 3.86. The zero-order valence-electron chi connectivity index (χ0n) is 15.1. The fourth-order valence-electron chi connectivity index (χ4n) is 3.86. The average molecular weight is 334 g/mol. The fraction of sp³-hybridized carbons (Fsp3) is 0.381. The van der Waals surface area contributed by atoms with E-state index in [0.717, 1.165) is 0 Å². The van der Waals surface area contributed by atoms with Crippen LogP contribution in [0.25, 0.3) is 5.69 Å². The number of allylic oxidation sites excluding steroid dienone is 1. The molecule has 0 unspecified atom stereocenters. The number of aromatic nitrogens is 1. The summed E-state index contributed by atoms with van der Waals surface area (Å²) >= 11 is 0. The minimum absolute atomic E-state index is 0.522. The molecule has 0 radical (unpaired) electrons. The van der Waals surface area contributed by atoms with Gasteiger partial charge in [-0.25, -0.2) is 0 Å². The molecule has 1 aliphatic carbocycles. The summed E-state index contributed by atoms with van der Waals surface area (Å²) in [5.41, 5.74) is 3.63. The van der Waals surface area contributed by atoms with Crippen LogP contribution in [0.4, 0.5) is 11.4 Å². The second-order valence-electron chi connectivity index (χ2n) is 7.00. The van der Waals surface area contributed by atoms with Crippen LogP contribution in [0.1, 0.15) is 32.1 Å². The van der Waals surface area contributed by atoms with Gasteiger partial charge in [0.1, 0.15) is 5.82 Å². The number of hydrogen-bond donors (Lipinski definition) is 0. The van der Waals surface area contributed by atoms with Crippen LogP contribution in [0.15, 0.2) is 59.6 Å². The minimum atomic E-state index is 0.522. The molecule has 2 heterocycles. The first-order chi connectivity index (χ1) is 12.2. The van der Waals surface area contributed by atoms with Crippen molar-refractivity contribution in [2.75, 3.05) is 23.9 Å². The first kappa shape index (κ1) is 16.0. The van der Waals surface area contributed by atoms with Gasteiger partial charge in [0.2, 0.25) is 0 Å². The summed E-state index contributed by atoms with van der Waals surface area (Å²) in [7, 11) is 4.25. The molecular weight excluding hydrogens is 308 g/mol. The molecule has 4 rings (SSSR count). The highest BCUT2D eigenvalue weighted by molar-refractivity contribution is 5.86. The van der Waals surface area contributed by atoms with Crippen LogP contribution in [-0.4, -0.2) is 30.9 Å². The molecule has 4 nitrogen and oxygen atoms in total. The van der Waals surface area contributed by atoms with E-state index >= 15 is 0 Å². The molecule has 0 N–H and O–H groups in total. The normalized spacial score (nSPS) is 18.2. The maximum Gasteiger partial charge on any atom is 0.114 e. The lowest BCUT2D eigenvalue weighted by molar-refractivity contribution is 0.444. The highest BCUT2D eigenvalue weighted by Gasteiger charge is 2.27. The summed E-state index contributed by atoms with van der Waals surface area (Å²) < 4.78 is 2.19. The molecule has 0 bridgehead atoms. The Labute approximate surface area is 150 Å². The largest absolute Gasteiger partial charge is 0.328 e. The Morgan fingerprint density at radius 3 is 2.20 bits per heavy atom. The van der Waals surface area contributed by atoms with Gasteiger partial charge in [0.15, 0.2) is 0 Å². The number of benzene rings is 1. The second-order valence-corrected chi connectivity index (χ2v) is 7.00. The Kier molecular flexibility index (Phi) is 4.35. The van der Waals surface area contributed by atoms with Crippen LogP contribution in [-0.2, 0) is 0 Å². The van der Waals surface area contributed by atoms with Gasteiger partial charge in [-0.3, -0.25) is 4.99 Å². The van der Waals surface area contributed by atoms with E-state index in [1.54, 1.807) is 0 Å². The molecular formula is C21H26N4. The maximum absolute atomic E-state index is 4.77. The predicted octanol–water partition coefficient (Wildman–Crippen LogP) is 4.61. The summed E-state index contributed by atoms with van der Waals surface area (Å²) in [6.07, 6.45) is 15.1. The lowest BCUT2D eigenvalue weighted by Gasteiger charge is -2.20. The van der Waals surface area contributed by atoms with Gasteiger partial charge in [-0.05, 0) is 31.1 Å². The van der Waals surface area contributed by atoms with Gasteiger partial charge in [-0.1, -0.05) is 37.5 Å². The van der Waals surface area contributed by atoms with E-state index in [2.05, 4.69) is 71.2 Å². The zero-order chi connectivity index (χ0) is 17.2. The standard InChI is InChI=1S/C21H26N4/c1-23-19-15-25(18-11-7-4-8-12-18)16-20(19)24(2)21(23)13-14-22-17-9-5-3-6-10-17/h4,7-8,11-17H,3,5-6,9-10H2,1-2H3. The van der Waals surface area contributed by atoms with Crippen LogP contribution in [0.2, 0.25) is 0 Å². The highest BCUT2D eigenvalue weighted by Crippen LogP contribution is 2.41. The third-order valence-corrected chi connectivity index (χ3v) is 5.34. The molecule has 1 aromatic heterocycles. The van der Waals surface area contributed by atoms with Gasteiger partial charge in [-0.2, -0.15) is 0 Å². The van der Waals surface area contributed by atoms with Gasteiger partial charge in [0, 0.05) is 44.4 Å². The Morgan fingerprint density at radius 1 is 0.920 bits per heavy atom. The predicted molar refractivity (Wildman–Crippen MR) is 106 cm³/mol. The molecule has 0 saturated heterocycles. The monoisotopic (exact) mass is 334 g/mol. The van der Waals surface area contributed by atoms with Crippen molar-refractivity contribution in [3.05, 3.63) is 54.6 Å². The topological polar surface area (TPSA) is 23.8 Å². The van der Waals surface area contributed by atoms with Crippen molar-refractivity contribution in [3.63, 3.8) is 0 Å². The van der Waals surface area contributed by atoms with E-state index in [1.807, 2.05) is 12.3 Å². The molecule has 1 aromatic carbocycles. The van der Waals surface area contributed by atoms with Crippen molar-refractivity contribution < 1.29 is 0 Å². The molecule has 25 heavy (non-hydrogen) atoms. The van der Waals surface area contributed by atoms with Crippen LogP contribution in [0, 0.1) is 0 Å². The van der Waals surface area contributed by atoms with E-state index in [1.165, 1.54) is 55.0 Å². The lowest BCUT2D eigenvalue weighted by Crippen LogP contribution is -2.22. The highest BCUT2D eigenvalue weighted by atomic mass is 15.4. The molecule has 4 heteroatoms. The molecule has 0 atom stereocenters. The number of aliphatic imine (C=N–C) groups is 1. The summed E-state index contributed by atoms with van der Waals surface area (Å²) in [6.45, 7) is 0. The van der Waals surface area contributed by atoms with Crippen molar-refractivity contribution in [3.8, 4) is 5.69 Å². The van der Waals surface area contributed by atoms with Gasteiger partial charge in [0.05, 0.1) is 11.4 Å². The quantitative estimate of drug-likeness (QED) is 0.766. The van der Waals surface area contributed by atoms with E-state index < -0.39 is 0 Å². The molecule has 1 fully saturated rings.